The minimum atomic E-state index is -4.47. The van der Waals surface area contributed by atoms with Gasteiger partial charge in [-0.1, -0.05) is 0 Å². The van der Waals surface area contributed by atoms with Crippen LogP contribution >= 0.6 is 0 Å². The predicted octanol–water partition coefficient (Wildman–Crippen LogP) is 3.94. The second-order valence-electron chi connectivity index (χ2n) is 7.60. The first kappa shape index (κ1) is 20.3. The van der Waals surface area contributed by atoms with E-state index in [0.717, 1.165) is 25.2 Å². The van der Waals surface area contributed by atoms with E-state index in [9.17, 15) is 18.0 Å². The minimum absolute atomic E-state index is 0.0837. The second-order valence-corrected chi connectivity index (χ2v) is 7.60. The fourth-order valence-electron chi connectivity index (χ4n) is 2.25. The lowest BCUT2D eigenvalue weighted by Gasteiger charge is -2.32. The van der Waals surface area contributed by atoms with Crippen LogP contribution in [0.25, 0.3) is 0 Å². The van der Waals surface area contributed by atoms with Crippen LogP contribution in [-0.2, 0) is 10.9 Å². The lowest BCUT2D eigenvalue weighted by Crippen LogP contribution is -2.46. The number of nitrogens with zero attached hydrogens (tertiary/aromatic N) is 3. The Bertz CT molecular complexity index is 610. The third kappa shape index (κ3) is 6.34. The zero-order valence-corrected chi connectivity index (χ0v) is 15.4. The highest BCUT2D eigenvalue weighted by Crippen LogP contribution is 2.31. The zero-order valence-electron chi connectivity index (χ0n) is 15.4. The van der Waals surface area contributed by atoms with Gasteiger partial charge >= 0.3 is 12.3 Å². The summed E-state index contributed by atoms with van der Waals surface area (Å²) in [5.41, 5.74) is -1.50. The number of alkyl halides is 3. The molecule has 0 spiro atoms. The number of anilines is 1. The fraction of sp³-hybridized carbons (Fsp3) is 0.706. The summed E-state index contributed by atoms with van der Waals surface area (Å²) in [4.78, 5) is 21.5. The molecule has 9 heteroatoms. The van der Waals surface area contributed by atoms with E-state index < -0.39 is 23.4 Å². The lowest BCUT2D eigenvalue weighted by atomic mass is 10.2. The average Bonchev–Trinajstić information content (AvgIpc) is 3.32. The normalized spacial score (nSPS) is 16.1. The van der Waals surface area contributed by atoms with Gasteiger partial charge in [0.25, 0.3) is 0 Å². The molecule has 1 aliphatic carbocycles. The monoisotopic (exact) mass is 374 g/mol. The van der Waals surface area contributed by atoms with Crippen molar-refractivity contribution in [1.82, 2.24) is 14.9 Å². The molecule has 26 heavy (non-hydrogen) atoms. The average molecular weight is 374 g/mol. The maximum absolute atomic E-state index is 12.5. The van der Waals surface area contributed by atoms with Crippen molar-refractivity contribution in [2.75, 3.05) is 18.4 Å². The molecule has 0 aromatic carbocycles. The van der Waals surface area contributed by atoms with Gasteiger partial charge in [0.05, 0.1) is 5.56 Å². The van der Waals surface area contributed by atoms with E-state index in [-0.39, 0.29) is 12.0 Å². The Morgan fingerprint density at radius 1 is 1.31 bits per heavy atom. The number of carbonyl (C=O) groups excluding carboxylic acids is 1. The van der Waals surface area contributed by atoms with Gasteiger partial charge in [-0.15, -0.1) is 0 Å². The van der Waals surface area contributed by atoms with Crippen molar-refractivity contribution < 1.29 is 22.7 Å². The number of aromatic nitrogens is 2. The van der Waals surface area contributed by atoms with Crippen LogP contribution in [0.15, 0.2) is 12.4 Å². The van der Waals surface area contributed by atoms with E-state index in [2.05, 4.69) is 15.3 Å². The first-order valence-electron chi connectivity index (χ1n) is 8.58. The molecule has 1 aromatic rings. The summed E-state index contributed by atoms with van der Waals surface area (Å²) in [6.07, 6.45) is -1.23. The Labute approximate surface area is 151 Å². The van der Waals surface area contributed by atoms with Gasteiger partial charge in [0.2, 0.25) is 5.95 Å². The maximum Gasteiger partial charge on any atom is 0.419 e. The summed E-state index contributed by atoms with van der Waals surface area (Å²) in [5.74, 6) is 0.563. The van der Waals surface area contributed by atoms with Crippen molar-refractivity contribution in [3.8, 4) is 0 Å². The van der Waals surface area contributed by atoms with Gasteiger partial charge in [-0.05, 0) is 46.5 Å². The second kappa shape index (κ2) is 7.67. The number of hydrogen-bond acceptors (Lipinski definition) is 5. The number of carbonyl (C=O) groups is 1. The van der Waals surface area contributed by atoms with Crippen LogP contribution in [0.3, 0.4) is 0 Å². The summed E-state index contributed by atoms with van der Waals surface area (Å²) in [6, 6.07) is -0.226. The molecule has 0 aliphatic heterocycles. The maximum atomic E-state index is 12.5. The standard InChI is InChI=1S/C17H25F3N4O2/c1-11(7-21-14-22-8-13(9-23-14)17(18,19)20)24(10-12-5-6-12)15(25)26-16(2,3)4/h8-9,11-12H,5-7,10H2,1-4H3,(H,21,22,23)/t11-/m0/s1. The molecule has 1 amide bonds. The number of halogens is 3. The van der Waals surface area contributed by atoms with E-state index in [1.807, 2.05) is 6.92 Å². The fourth-order valence-corrected chi connectivity index (χ4v) is 2.25. The van der Waals surface area contributed by atoms with Crippen LogP contribution in [0.4, 0.5) is 23.9 Å². The van der Waals surface area contributed by atoms with Gasteiger partial charge in [-0.3, -0.25) is 0 Å². The van der Waals surface area contributed by atoms with E-state index in [0.29, 0.717) is 19.0 Å². The lowest BCUT2D eigenvalue weighted by molar-refractivity contribution is -0.138. The van der Waals surface area contributed by atoms with E-state index in [1.165, 1.54) is 0 Å². The predicted molar refractivity (Wildman–Crippen MR) is 90.6 cm³/mol. The Morgan fingerprint density at radius 2 is 1.88 bits per heavy atom. The van der Waals surface area contributed by atoms with Crippen molar-refractivity contribution in [2.24, 2.45) is 5.92 Å². The summed E-state index contributed by atoms with van der Waals surface area (Å²) >= 11 is 0. The Morgan fingerprint density at radius 3 is 2.35 bits per heavy atom. The Balaban J connectivity index is 1.95. The van der Waals surface area contributed by atoms with Crippen LogP contribution in [0, 0.1) is 5.92 Å². The number of amides is 1. The highest BCUT2D eigenvalue weighted by Gasteiger charge is 2.33. The van der Waals surface area contributed by atoms with Crippen molar-refractivity contribution in [2.45, 2.75) is 58.4 Å². The van der Waals surface area contributed by atoms with Crippen molar-refractivity contribution in [3.05, 3.63) is 18.0 Å². The molecule has 1 fully saturated rings. The molecule has 1 heterocycles. The molecular formula is C17H25F3N4O2. The number of hydrogen-bond donors (Lipinski definition) is 1. The third-order valence-electron chi connectivity index (χ3n) is 3.85. The van der Waals surface area contributed by atoms with Crippen LogP contribution in [0.1, 0.15) is 46.1 Å². The van der Waals surface area contributed by atoms with Crippen molar-refractivity contribution in [3.63, 3.8) is 0 Å². The highest BCUT2D eigenvalue weighted by atomic mass is 19.4. The van der Waals surface area contributed by atoms with E-state index >= 15 is 0 Å². The molecule has 0 unspecified atom stereocenters. The Hall–Kier alpha value is -2.06. The molecule has 1 saturated carbocycles. The van der Waals surface area contributed by atoms with Gasteiger partial charge in [-0.2, -0.15) is 13.2 Å². The number of ether oxygens (including phenoxy) is 1. The molecule has 6 nitrogen and oxygen atoms in total. The van der Waals surface area contributed by atoms with Crippen molar-refractivity contribution in [1.29, 1.82) is 0 Å². The molecule has 1 atom stereocenters. The zero-order chi connectivity index (χ0) is 19.5. The van der Waals surface area contributed by atoms with E-state index in [1.54, 1.807) is 25.7 Å². The summed E-state index contributed by atoms with van der Waals surface area (Å²) in [6.45, 7) is 8.17. The largest absolute Gasteiger partial charge is 0.444 e. The molecule has 0 bridgehead atoms. The molecule has 0 saturated heterocycles. The molecule has 0 radical (unpaired) electrons. The van der Waals surface area contributed by atoms with Crippen LogP contribution < -0.4 is 5.32 Å². The first-order chi connectivity index (χ1) is 12.0. The third-order valence-corrected chi connectivity index (χ3v) is 3.85. The molecule has 2 rings (SSSR count). The molecule has 146 valence electrons. The van der Waals surface area contributed by atoms with Crippen molar-refractivity contribution >= 4 is 12.0 Å². The smallest absolute Gasteiger partial charge is 0.419 e. The van der Waals surface area contributed by atoms with Gasteiger partial charge in [-0.25, -0.2) is 14.8 Å². The number of nitrogens with one attached hydrogen (secondary N) is 1. The minimum Gasteiger partial charge on any atom is -0.444 e. The SMILES string of the molecule is C[C@@H](CNc1ncc(C(F)(F)F)cn1)N(CC1CC1)C(=O)OC(C)(C)C. The highest BCUT2D eigenvalue weighted by molar-refractivity contribution is 5.68. The van der Waals surface area contributed by atoms with Gasteiger partial charge in [0.1, 0.15) is 5.60 Å². The summed E-state index contributed by atoms with van der Waals surface area (Å²) < 4.78 is 43.1. The molecule has 1 N–H and O–H groups in total. The van der Waals surface area contributed by atoms with E-state index in [4.69, 9.17) is 4.74 Å². The topological polar surface area (TPSA) is 67.4 Å². The summed E-state index contributed by atoms with van der Waals surface area (Å²) in [7, 11) is 0. The Kier molecular flexibility index (Phi) is 5.98. The first-order valence-corrected chi connectivity index (χ1v) is 8.58. The van der Waals surface area contributed by atoms with Crippen LogP contribution in [0.5, 0.6) is 0 Å². The summed E-state index contributed by atoms with van der Waals surface area (Å²) in [5, 5.41) is 2.88. The van der Waals surface area contributed by atoms with Gasteiger partial charge in [0, 0.05) is 31.5 Å². The molecule has 1 aromatic heterocycles. The van der Waals surface area contributed by atoms with Crippen LogP contribution in [-0.4, -0.2) is 45.7 Å². The molecule has 1 aliphatic rings. The number of rotatable bonds is 6. The van der Waals surface area contributed by atoms with Crippen LogP contribution in [0.2, 0.25) is 0 Å². The quantitative estimate of drug-likeness (QED) is 0.817. The van der Waals surface area contributed by atoms with Gasteiger partial charge in [0.15, 0.2) is 0 Å². The molecular weight excluding hydrogens is 349 g/mol. The van der Waals surface area contributed by atoms with Gasteiger partial charge < -0.3 is 15.0 Å².